The fraction of sp³-hybridized carbons (Fsp3) is 0.269. The molecule has 2 aromatic rings. The van der Waals surface area contributed by atoms with Gasteiger partial charge in [0.15, 0.2) is 6.61 Å². The van der Waals surface area contributed by atoms with Crippen molar-refractivity contribution in [3.05, 3.63) is 81.9 Å². The number of hydrogen-bond acceptors (Lipinski definition) is 7. The number of carbonyl (C=O) groups is 2. The Morgan fingerprint density at radius 1 is 1.12 bits per heavy atom. The van der Waals surface area contributed by atoms with E-state index in [-0.39, 0.29) is 41.9 Å². The van der Waals surface area contributed by atoms with Gasteiger partial charge in [-0.1, -0.05) is 30.3 Å². The molecule has 8 nitrogen and oxygen atoms in total. The summed E-state index contributed by atoms with van der Waals surface area (Å²) in [5.74, 6) is -0.907. The third-order valence-electron chi connectivity index (χ3n) is 5.43. The Balaban J connectivity index is 1.76. The number of nitrogens with two attached hydrogens (primary N) is 1. The second kappa shape index (κ2) is 10.6. The molecule has 0 aliphatic carbocycles. The molecule has 176 valence electrons. The van der Waals surface area contributed by atoms with Crippen LogP contribution in [0.4, 0.5) is 5.69 Å². The van der Waals surface area contributed by atoms with Crippen LogP contribution < -0.4 is 15.8 Å². The topological polar surface area (TPSA) is 124 Å². The highest BCUT2D eigenvalue weighted by molar-refractivity contribution is 5.93. The Labute approximate surface area is 198 Å². The smallest absolute Gasteiger partial charge is 0.338 e. The monoisotopic (exact) mass is 461 g/mol. The maximum Gasteiger partial charge on any atom is 0.338 e. The lowest BCUT2D eigenvalue weighted by Crippen LogP contribution is -2.25. The molecule has 0 spiro atoms. The van der Waals surface area contributed by atoms with Gasteiger partial charge in [-0.2, -0.15) is 5.26 Å². The number of aryl methyl sites for hydroxylation is 2. The van der Waals surface area contributed by atoms with Gasteiger partial charge in [0.25, 0.3) is 5.91 Å². The number of para-hydroxylation sites is 1. The Morgan fingerprint density at radius 2 is 1.76 bits per heavy atom. The quantitative estimate of drug-likeness (QED) is 0.598. The highest BCUT2D eigenvalue weighted by atomic mass is 16.5. The minimum Gasteiger partial charge on any atom is -0.484 e. The van der Waals surface area contributed by atoms with Crippen LogP contribution in [0.2, 0.25) is 0 Å². The molecule has 1 atom stereocenters. The molecule has 1 aliphatic rings. The molecule has 3 N–H and O–H groups in total. The van der Waals surface area contributed by atoms with Crippen LogP contribution in [0.5, 0.6) is 5.75 Å². The van der Waals surface area contributed by atoms with E-state index in [4.69, 9.17) is 19.9 Å². The molecule has 0 saturated heterocycles. The lowest BCUT2D eigenvalue weighted by atomic mass is 9.83. The molecule has 1 unspecified atom stereocenters. The fourth-order valence-corrected chi connectivity index (χ4v) is 3.78. The first kappa shape index (κ1) is 24.4. The zero-order valence-corrected chi connectivity index (χ0v) is 19.6. The molecule has 8 heteroatoms. The van der Waals surface area contributed by atoms with E-state index in [0.29, 0.717) is 11.3 Å². The van der Waals surface area contributed by atoms with Crippen LogP contribution in [0.3, 0.4) is 0 Å². The first-order chi connectivity index (χ1) is 16.3. The standard InChI is InChI=1S/C26H27N3O5/c1-5-32-26(31)22-17(4)34-25(28)20(13-27)23(22)18-9-11-19(12-10-18)33-14-21(30)29-24-15(2)7-6-8-16(24)3/h6-12,23H,5,14,28H2,1-4H3,(H,29,30). The molecule has 1 heterocycles. The number of hydrogen-bond donors (Lipinski definition) is 2. The summed E-state index contributed by atoms with van der Waals surface area (Å²) < 4.78 is 16.2. The van der Waals surface area contributed by atoms with Crippen molar-refractivity contribution >= 4 is 17.6 Å². The molecule has 1 aliphatic heterocycles. The minimum absolute atomic E-state index is 0.0541. The summed E-state index contributed by atoms with van der Waals surface area (Å²) in [6.07, 6.45) is 0. The van der Waals surface area contributed by atoms with Gasteiger partial charge < -0.3 is 25.3 Å². The number of ether oxygens (including phenoxy) is 3. The van der Waals surface area contributed by atoms with Crippen LogP contribution in [0.1, 0.15) is 36.5 Å². The third-order valence-corrected chi connectivity index (χ3v) is 5.43. The number of esters is 1. The average molecular weight is 462 g/mol. The Morgan fingerprint density at radius 3 is 2.35 bits per heavy atom. The molecule has 0 radical (unpaired) electrons. The Bertz CT molecular complexity index is 1190. The highest BCUT2D eigenvalue weighted by Gasteiger charge is 2.36. The van der Waals surface area contributed by atoms with Crippen LogP contribution >= 0.6 is 0 Å². The molecule has 1 amide bonds. The van der Waals surface area contributed by atoms with Crippen LogP contribution in [0, 0.1) is 25.2 Å². The van der Waals surface area contributed by atoms with Crippen LogP contribution in [-0.2, 0) is 19.1 Å². The van der Waals surface area contributed by atoms with E-state index < -0.39 is 11.9 Å². The summed E-state index contributed by atoms with van der Waals surface area (Å²) >= 11 is 0. The lowest BCUT2D eigenvalue weighted by Gasteiger charge is -2.26. The Kier molecular flexibility index (Phi) is 7.59. The SMILES string of the molecule is CCOC(=O)C1=C(C)OC(N)=C(C#N)C1c1ccc(OCC(=O)Nc2c(C)cccc2C)cc1. The number of nitrogens with one attached hydrogen (secondary N) is 1. The number of anilines is 1. The zero-order valence-electron chi connectivity index (χ0n) is 19.6. The molecular formula is C26H27N3O5. The Hall–Kier alpha value is -4.25. The number of rotatable bonds is 7. The van der Waals surface area contributed by atoms with E-state index in [9.17, 15) is 14.9 Å². The van der Waals surface area contributed by atoms with Gasteiger partial charge in [-0.15, -0.1) is 0 Å². The summed E-state index contributed by atoms with van der Waals surface area (Å²) in [6, 6.07) is 14.6. The number of benzene rings is 2. The van der Waals surface area contributed by atoms with Gasteiger partial charge >= 0.3 is 5.97 Å². The summed E-state index contributed by atoms with van der Waals surface area (Å²) in [5, 5.41) is 12.5. The number of amides is 1. The van der Waals surface area contributed by atoms with Gasteiger partial charge in [0.2, 0.25) is 5.88 Å². The van der Waals surface area contributed by atoms with Crippen molar-refractivity contribution in [2.75, 3.05) is 18.5 Å². The van der Waals surface area contributed by atoms with E-state index >= 15 is 0 Å². The number of carbonyl (C=O) groups excluding carboxylic acids is 2. The van der Waals surface area contributed by atoms with Gasteiger partial charge in [0.05, 0.1) is 18.1 Å². The van der Waals surface area contributed by atoms with E-state index in [1.54, 1.807) is 38.1 Å². The predicted octanol–water partition coefficient (Wildman–Crippen LogP) is 3.97. The molecule has 0 aromatic heterocycles. The van der Waals surface area contributed by atoms with Crippen molar-refractivity contribution in [1.29, 1.82) is 5.26 Å². The van der Waals surface area contributed by atoms with Gasteiger partial charge in [0.1, 0.15) is 23.2 Å². The zero-order chi connectivity index (χ0) is 24.8. The number of allylic oxidation sites excluding steroid dienone is 2. The predicted molar refractivity (Wildman–Crippen MR) is 126 cm³/mol. The molecule has 2 aromatic carbocycles. The van der Waals surface area contributed by atoms with E-state index in [0.717, 1.165) is 16.8 Å². The van der Waals surface area contributed by atoms with Crippen LogP contribution in [-0.4, -0.2) is 25.1 Å². The summed E-state index contributed by atoms with van der Waals surface area (Å²) in [6.45, 7) is 7.16. The first-order valence-electron chi connectivity index (χ1n) is 10.8. The van der Waals surface area contributed by atoms with E-state index in [1.165, 1.54) is 0 Å². The van der Waals surface area contributed by atoms with Crippen molar-refractivity contribution in [1.82, 2.24) is 0 Å². The molecule has 0 bridgehead atoms. The van der Waals surface area contributed by atoms with Gasteiger partial charge in [0, 0.05) is 5.69 Å². The van der Waals surface area contributed by atoms with Crippen molar-refractivity contribution in [3.63, 3.8) is 0 Å². The normalized spacial score (nSPS) is 15.3. The maximum absolute atomic E-state index is 12.6. The molecule has 0 saturated carbocycles. The summed E-state index contributed by atoms with van der Waals surface area (Å²) in [4.78, 5) is 25.0. The molecule has 34 heavy (non-hydrogen) atoms. The number of nitriles is 1. The summed E-state index contributed by atoms with van der Waals surface area (Å²) in [5.41, 5.74) is 9.60. The van der Waals surface area contributed by atoms with E-state index in [1.807, 2.05) is 38.1 Å². The maximum atomic E-state index is 12.6. The van der Waals surface area contributed by atoms with Crippen molar-refractivity contribution < 1.29 is 23.8 Å². The van der Waals surface area contributed by atoms with Gasteiger partial charge in [-0.05, 0) is 56.5 Å². The minimum atomic E-state index is -0.737. The largest absolute Gasteiger partial charge is 0.484 e. The van der Waals surface area contributed by atoms with Crippen LogP contribution in [0.25, 0.3) is 0 Å². The number of nitrogens with zero attached hydrogens (tertiary/aromatic N) is 1. The van der Waals surface area contributed by atoms with Gasteiger partial charge in [-0.3, -0.25) is 4.79 Å². The second-order valence-electron chi connectivity index (χ2n) is 7.79. The first-order valence-corrected chi connectivity index (χ1v) is 10.8. The van der Waals surface area contributed by atoms with Crippen molar-refractivity contribution in [2.24, 2.45) is 5.73 Å². The molecular weight excluding hydrogens is 434 g/mol. The lowest BCUT2D eigenvalue weighted by molar-refractivity contribution is -0.139. The molecule has 0 fully saturated rings. The third kappa shape index (κ3) is 5.21. The molecule has 3 rings (SSSR count). The average Bonchev–Trinajstić information content (AvgIpc) is 2.80. The summed E-state index contributed by atoms with van der Waals surface area (Å²) in [7, 11) is 0. The van der Waals surface area contributed by atoms with Crippen molar-refractivity contribution in [2.45, 2.75) is 33.6 Å². The highest BCUT2D eigenvalue weighted by Crippen LogP contribution is 2.40. The van der Waals surface area contributed by atoms with Crippen LogP contribution in [0.15, 0.2) is 65.3 Å². The van der Waals surface area contributed by atoms with E-state index in [2.05, 4.69) is 5.32 Å². The van der Waals surface area contributed by atoms with Crippen molar-refractivity contribution in [3.8, 4) is 11.8 Å². The second-order valence-corrected chi connectivity index (χ2v) is 7.79. The van der Waals surface area contributed by atoms with Gasteiger partial charge in [-0.25, -0.2) is 4.79 Å². The fourth-order valence-electron chi connectivity index (χ4n) is 3.78.